The Morgan fingerprint density at radius 3 is 2.42 bits per heavy atom. The highest BCUT2D eigenvalue weighted by Gasteiger charge is 2.10. The minimum Gasteiger partial charge on any atom is -0.493 e. The van der Waals surface area contributed by atoms with Crippen LogP contribution in [-0.2, 0) is 11.9 Å². The fraction of sp³-hybridized carbons (Fsp3) is 0.250. The maximum absolute atomic E-state index is 5.96. The van der Waals surface area contributed by atoms with Gasteiger partial charge in [-0.25, -0.2) is 0 Å². The van der Waals surface area contributed by atoms with Crippen molar-refractivity contribution in [2.45, 2.75) is 18.9 Å². The van der Waals surface area contributed by atoms with E-state index in [1.807, 2.05) is 30.3 Å². The fourth-order valence-electron chi connectivity index (χ4n) is 1.91. The van der Waals surface area contributed by atoms with Crippen molar-refractivity contribution in [3.05, 3.63) is 59.2 Å². The zero-order chi connectivity index (χ0) is 13.7. The second-order valence-electron chi connectivity index (χ2n) is 4.30. The normalized spacial score (nSPS) is 10.3. The predicted octanol–water partition coefficient (Wildman–Crippen LogP) is 4.48. The fourth-order valence-corrected chi connectivity index (χ4v) is 2.35. The maximum atomic E-state index is 5.96. The first kappa shape index (κ1) is 13.9. The SMILES string of the molecule is COc1cccc(CBr)c1OCc1ccccc1C. The summed E-state index contributed by atoms with van der Waals surface area (Å²) in [7, 11) is 1.66. The summed E-state index contributed by atoms with van der Waals surface area (Å²) >= 11 is 3.48. The van der Waals surface area contributed by atoms with Crippen molar-refractivity contribution in [3.8, 4) is 11.5 Å². The van der Waals surface area contributed by atoms with Gasteiger partial charge in [0, 0.05) is 10.9 Å². The molecule has 0 N–H and O–H groups in total. The molecular formula is C16H17BrO2. The third-order valence-corrected chi connectivity index (χ3v) is 3.66. The molecule has 0 aliphatic rings. The summed E-state index contributed by atoms with van der Waals surface area (Å²) in [5.74, 6) is 1.58. The summed E-state index contributed by atoms with van der Waals surface area (Å²) in [4.78, 5) is 0. The average Bonchev–Trinajstić information content (AvgIpc) is 2.46. The number of para-hydroxylation sites is 1. The molecule has 0 amide bonds. The van der Waals surface area contributed by atoms with Crippen LogP contribution in [0.2, 0.25) is 0 Å². The first-order chi connectivity index (χ1) is 9.26. The van der Waals surface area contributed by atoms with E-state index >= 15 is 0 Å². The lowest BCUT2D eigenvalue weighted by atomic mass is 10.1. The Morgan fingerprint density at radius 2 is 1.74 bits per heavy atom. The smallest absolute Gasteiger partial charge is 0.165 e. The van der Waals surface area contributed by atoms with E-state index < -0.39 is 0 Å². The van der Waals surface area contributed by atoms with E-state index in [1.54, 1.807) is 7.11 Å². The molecule has 0 aliphatic carbocycles. The molecular weight excluding hydrogens is 304 g/mol. The van der Waals surface area contributed by atoms with Crippen LogP contribution in [0.3, 0.4) is 0 Å². The van der Waals surface area contributed by atoms with Gasteiger partial charge >= 0.3 is 0 Å². The van der Waals surface area contributed by atoms with Crippen LogP contribution >= 0.6 is 15.9 Å². The highest BCUT2D eigenvalue weighted by molar-refractivity contribution is 9.08. The summed E-state index contributed by atoms with van der Waals surface area (Å²) in [6, 6.07) is 14.1. The van der Waals surface area contributed by atoms with Crippen molar-refractivity contribution in [2.24, 2.45) is 0 Å². The standard InChI is InChI=1S/C16H17BrO2/c1-12-6-3-4-7-14(12)11-19-16-13(10-17)8-5-9-15(16)18-2/h3-9H,10-11H2,1-2H3. The predicted molar refractivity (Wildman–Crippen MR) is 81.1 cm³/mol. The van der Waals surface area contributed by atoms with E-state index in [4.69, 9.17) is 9.47 Å². The minimum atomic E-state index is 0.549. The summed E-state index contributed by atoms with van der Waals surface area (Å²) in [5, 5.41) is 0.743. The Balaban J connectivity index is 2.21. The van der Waals surface area contributed by atoms with Gasteiger partial charge in [-0.2, -0.15) is 0 Å². The van der Waals surface area contributed by atoms with E-state index in [1.165, 1.54) is 11.1 Å². The van der Waals surface area contributed by atoms with Crippen molar-refractivity contribution >= 4 is 15.9 Å². The van der Waals surface area contributed by atoms with Gasteiger partial charge < -0.3 is 9.47 Å². The van der Waals surface area contributed by atoms with E-state index in [0.29, 0.717) is 6.61 Å². The van der Waals surface area contributed by atoms with Gasteiger partial charge in [0.05, 0.1) is 7.11 Å². The molecule has 0 saturated carbocycles. The number of aryl methyl sites for hydroxylation is 1. The molecule has 0 unspecified atom stereocenters. The minimum absolute atomic E-state index is 0.549. The number of halogens is 1. The molecule has 3 heteroatoms. The quantitative estimate of drug-likeness (QED) is 0.756. The van der Waals surface area contributed by atoms with Gasteiger partial charge in [0.25, 0.3) is 0 Å². The summed E-state index contributed by atoms with van der Waals surface area (Å²) < 4.78 is 11.3. The zero-order valence-electron chi connectivity index (χ0n) is 11.2. The van der Waals surface area contributed by atoms with Crippen LogP contribution in [0.4, 0.5) is 0 Å². The van der Waals surface area contributed by atoms with Crippen LogP contribution in [0.25, 0.3) is 0 Å². The van der Waals surface area contributed by atoms with Crippen molar-refractivity contribution in [1.29, 1.82) is 0 Å². The lowest BCUT2D eigenvalue weighted by Gasteiger charge is -2.14. The van der Waals surface area contributed by atoms with Crippen molar-refractivity contribution in [2.75, 3.05) is 7.11 Å². The Labute approximate surface area is 122 Å². The summed E-state index contributed by atoms with van der Waals surface area (Å²) in [5.41, 5.74) is 3.51. The lowest BCUT2D eigenvalue weighted by Crippen LogP contribution is -2.01. The first-order valence-corrected chi connectivity index (χ1v) is 7.27. The van der Waals surface area contributed by atoms with Crippen LogP contribution in [0, 0.1) is 6.92 Å². The zero-order valence-corrected chi connectivity index (χ0v) is 12.7. The number of hydrogen-bond acceptors (Lipinski definition) is 2. The Kier molecular flexibility index (Phi) is 4.86. The van der Waals surface area contributed by atoms with E-state index in [-0.39, 0.29) is 0 Å². The van der Waals surface area contributed by atoms with Crippen LogP contribution in [-0.4, -0.2) is 7.11 Å². The summed E-state index contributed by atoms with van der Waals surface area (Å²) in [6.07, 6.45) is 0. The molecule has 0 saturated heterocycles. The lowest BCUT2D eigenvalue weighted by molar-refractivity contribution is 0.281. The number of methoxy groups -OCH3 is 1. The molecule has 0 aliphatic heterocycles. The molecule has 0 bridgehead atoms. The second-order valence-corrected chi connectivity index (χ2v) is 4.86. The molecule has 2 aromatic carbocycles. The molecule has 0 radical (unpaired) electrons. The van der Waals surface area contributed by atoms with Crippen LogP contribution < -0.4 is 9.47 Å². The average molecular weight is 321 g/mol. The molecule has 2 aromatic rings. The van der Waals surface area contributed by atoms with Gasteiger partial charge in [-0.05, 0) is 24.1 Å². The molecule has 100 valence electrons. The highest BCUT2D eigenvalue weighted by Crippen LogP contribution is 2.33. The van der Waals surface area contributed by atoms with Gasteiger partial charge in [-0.1, -0.05) is 52.3 Å². The van der Waals surface area contributed by atoms with Crippen LogP contribution in [0.15, 0.2) is 42.5 Å². The highest BCUT2D eigenvalue weighted by atomic mass is 79.9. The molecule has 2 nitrogen and oxygen atoms in total. The van der Waals surface area contributed by atoms with Gasteiger partial charge in [0.2, 0.25) is 0 Å². The monoisotopic (exact) mass is 320 g/mol. The van der Waals surface area contributed by atoms with Crippen LogP contribution in [0.1, 0.15) is 16.7 Å². The van der Waals surface area contributed by atoms with E-state index in [9.17, 15) is 0 Å². The van der Waals surface area contributed by atoms with Gasteiger partial charge in [-0.3, -0.25) is 0 Å². The maximum Gasteiger partial charge on any atom is 0.165 e. The Hall–Kier alpha value is -1.48. The van der Waals surface area contributed by atoms with Gasteiger partial charge in [0.15, 0.2) is 11.5 Å². The molecule has 0 spiro atoms. The van der Waals surface area contributed by atoms with Crippen molar-refractivity contribution in [1.82, 2.24) is 0 Å². The number of ether oxygens (including phenoxy) is 2. The Morgan fingerprint density at radius 1 is 1.00 bits per heavy atom. The molecule has 2 rings (SSSR count). The number of hydrogen-bond donors (Lipinski definition) is 0. The van der Waals surface area contributed by atoms with Gasteiger partial charge in [-0.15, -0.1) is 0 Å². The van der Waals surface area contributed by atoms with Crippen molar-refractivity contribution in [3.63, 3.8) is 0 Å². The summed E-state index contributed by atoms with van der Waals surface area (Å²) in [6.45, 7) is 2.64. The Bertz CT molecular complexity index is 530. The van der Waals surface area contributed by atoms with E-state index in [0.717, 1.165) is 22.4 Å². The van der Waals surface area contributed by atoms with Crippen molar-refractivity contribution < 1.29 is 9.47 Å². The third-order valence-electron chi connectivity index (χ3n) is 3.06. The van der Waals surface area contributed by atoms with Gasteiger partial charge in [0.1, 0.15) is 6.61 Å². The number of rotatable bonds is 5. The number of alkyl halides is 1. The molecule has 0 atom stereocenters. The van der Waals surface area contributed by atoms with Crippen LogP contribution in [0.5, 0.6) is 11.5 Å². The third kappa shape index (κ3) is 3.29. The molecule has 19 heavy (non-hydrogen) atoms. The van der Waals surface area contributed by atoms with E-state index in [2.05, 4.69) is 35.0 Å². The first-order valence-electron chi connectivity index (χ1n) is 6.15. The topological polar surface area (TPSA) is 18.5 Å². The second kappa shape index (κ2) is 6.62. The molecule has 0 aromatic heterocycles. The number of benzene rings is 2. The molecule has 0 heterocycles. The molecule has 0 fully saturated rings. The largest absolute Gasteiger partial charge is 0.493 e.